The Morgan fingerprint density at radius 1 is 1.33 bits per heavy atom. The average Bonchev–Trinajstić information content (AvgIpc) is 3.06. The minimum atomic E-state index is -0.865. The quantitative estimate of drug-likeness (QED) is 0.849. The van der Waals surface area contributed by atoms with Crippen molar-refractivity contribution in [1.29, 1.82) is 0 Å². The first-order valence-corrected chi connectivity index (χ1v) is 7.24. The van der Waals surface area contributed by atoms with Gasteiger partial charge < -0.3 is 19.9 Å². The van der Waals surface area contributed by atoms with Crippen molar-refractivity contribution in [3.8, 4) is 0 Å². The highest BCUT2D eigenvalue weighted by atomic mass is 16.4. The molecule has 3 rings (SSSR count). The van der Waals surface area contributed by atoms with Gasteiger partial charge in [0, 0.05) is 13.1 Å². The van der Waals surface area contributed by atoms with Crippen molar-refractivity contribution in [2.24, 2.45) is 0 Å². The van der Waals surface area contributed by atoms with Gasteiger partial charge in [-0.15, -0.1) is 10.2 Å². The Hall–Kier alpha value is -2.12. The van der Waals surface area contributed by atoms with E-state index in [1.807, 2.05) is 4.57 Å². The van der Waals surface area contributed by atoms with E-state index in [4.69, 9.17) is 5.11 Å². The van der Waals surface area contributed by atoms with Gasteiger partial charge in [-0.3, -0.25) is 4.79 Å². The summed E-state index contributed by atoms with van der Waals surface area (Å²) in [4.78, 5) is 25.2. The number of carboxylic acids is 1. The number of carboxylic acid groups (broad SMARTS) is 1. The van der Waals surface area contributed by atoms with Crippen LogP contribution in [0.4, 0.5) is 4.79 Å². The monoisotopic (exact) mass is 293 g/mol. The number of nitrogens with zero attached hydrogens (tertiary/aromatic N) is 4. The summed E-state index contributed by atoms with van der Waals surface area (Å²) in [7, 11) is 0. The first kappa shape index (κ1) is 13.8. The van der Waals surface area contributed by atoms with E-state index < -0.39 is 11.5 Å². The number of amides is 2. The minimum Gasteiger partial charge on any atom is -0.481 e. The molecule has 0 aromatic carbocycles. The number of hydrogen-bond donors (Lipinski definition) is 2. The summed E-state index contributed by atoms with van der Waals surface area (Å²) >= 11 is 0. The van der Waals surface area contributed by atoms with Crippen molar-refractivity contribution in [3.63, 3.8) is 0 Å². The molecule has 0 unspecified atom stereocenters. The van der Waals surface area contributed by atoms with Crippen LogP contribution >= 0.6 is 0 Å². The van der Waals surface area contributed by atoms with Crippen molar-refractivity contribution in [2.45, 2.75) is 50.7 Å². The third-order valence-electron chi connectivity index (χ3n) is 4.35. The van der Waals surface area contributed by atoms with Crippen LogP contribution in [0, 0.1) is 0 Å². The number of fused-ring (bicyclic) bond motifs is 1. The molecule has 1 aliphatic heterocycles. The molecule has 1 aliphatic carbocycles. The largest absolute Gasteiger partial charge is 0.481 e. The molecule has 2 amide bonds. The van der Waals surface area contributed by atoms with Crippen molar-refractivity contribution in [3.05, 3.63) is 12.2 Å². The van der Waals surface area contributed by atoms with Crippen molar-refractivity contribution in [2.75, 3.05) is 6.54 Å². The molecule has 1 aromatic rings. The number of carbonyl (C=O) groups is 2. The Bertz CT molecular complexity index is 550. The minimum absolute atomic E-state index is 0.0111. The molecule has 0 atom stereocenters. The van der Waals surface area contributed by atoms with Gasteiger partial charge >= 0.3 is 12.0 Å². The van der Waals surface area contributed by atoms with Crippen molar-refractivity contribution < 1.29 is 14.7 Å². The molecule has 1 saturated carbocycles. The highest BCUT2D eigenvalue weighted by molar-refractivity contribution is 5.77. The van der Waals surface area contributed by atoms with Gasteiger partial charge in [-0.1, -0.05) is 12.8 Å². The van der Waals surface area contributed by atoms with E-state index in [0.29, 0.717) is 19.6 Å². The third kappa shape index (κ3) is 2.84. The molecule has 8 nitrogen and oxygen atoms in total. The van der Waals surface area contributed by atoms with E-state index in [0.717, 1.165) is 31.5 Å². The van der Waals surface area contributed by atoms with Crippen molar-refractivity contribution in [1.82, 2.24) is 25.0 Å². The lowest BCUT2D eigenvalue weighted by atomic mass is 9.93. The number of rotatable bonds is 3. The fraction of sp³-hybridized carbons (Fsp3) is 0.692. The summed E-state index contributed by atoms with van der Waals surface area (Å²) in [5.41, 5.74) is -0.589. The lowest BCUT2D eigenvalue weighted by molar-refractivity contribution is -0.138. The predicted octanol–water partition coefficient (Wildman–Crippen LogP) is 0.591. The lowest BCUT2D eigenvalue weighted by Gasteiger charge is -2.34. The first-order chi connectivity index (χ1) is 10.1. The van der Waals surface area contributed by atoms with E-state index in [-0.39, 0.29) is 12.5 Å². The second kappa shape index (κ2) is 5.34. The average molecular weight is 293 g/mol. The molecule has 0 saturated heterocycles. The van der Waals surface area contributed by atoms with Crippen LogP contribution in [-0.2, 0) is 17.9 Å². The van der Waals surface area contributed by atoms with Gasteiger partial charge in [-0.05, 0) is 12.8 Å². The van der Waals surface area contributed by atoms with E-state index in [2.05, 4.69) is 15.5 Å². The van der Waals surface area contributed by atoms with E-state index in [1.54, 1.807) is 11.2 Å². The van der Waals surface area contributed by atoms with Crippen LogP contribution in [-0.4, -0.2) is 48.9 Å². The SMILES string of the molecule is O=C(O)CC1(NC(=O)N2CCn3cnnc3C2)CCCC1. The van der Waals surface area contributed by atoms with Gasteiger partial charge in [0.25, 0.3) is 0 Å². The zero-order chi connectivity index (χ0) is 14.9. The number of hydrogen-bond acceptors (Lipinski definition) is 4. The molecule has 0 bridgehead atoms. The molecule has 114 valence electrons. The number of aliphatic carboxylic acids is 1. The van der Waals surface area contributed by atoms with Gasteiger partial charge in [0.1, 0.15) is 6.33 Å². The second-order valence-corrected chi connectivity index (χ2v) is 5.85. The molecule has 1 fully saturated rings. The number of carbonyl (C=O) groups excluding carboxylic acids is 1. The Labute approximate surface area is 122 Å². The fourth-order valence-corrected chi connectivity index (χ4v) is 3.23. The molecule has 2 N–H and O–H groups in total. The van der Waals surface area contributed by atoms with E-state index in [1.165, 1.54) is 0 Å². The molecular weight excluding hydrogens is 274 g/mol. The van der Waals surface area contributed by atoms with Crippen LogP contribution in [0.3, 0.4) is 0 Å². The van der Waals surface area contributed by atoms with Gasteiger partial charge in [0.15, 0.2) is 5.82 Å². The van der Waals surface area contributed by atoms with Crippen LogP contribution in [0.25, 0.3) is 0 Å². The smallest absolute Gasteiger partial charge is 0.318 e. The molecule has 8 heteroatoms. The highest BCUT2D eigenvalue weighted by Gasteiger charge is 2.38. The standard InChI is InChI=1S/C13H19N5O3/c19-11(20)7-13(3-1-2-4-13)15-12(21)17-5-6-18-9-14-16-10(18)8-17/h9H,1-8H2,(H,15,21)(H,19,20). The Morgan fingerprint density at radius 2 is 2.10 bits per heavy atom. The molecule has 0 spiro atoms. The molecule has 2 aliphatic rings. The zero-order valence-corrected chi connectivity index (χ0v) is 11.8. The summed E-state index contributed by atoms with van der Waals surface area (Å²) in [5.74, 6) is -0.106. The second-order valence-electron chi connectivity index (χ2n) is 5.85. The van der Waals surface area contributed by atoms with Crippen LogP contribution in [0.1, 0.15) is 37.9 Å². The summed E-state index contributed by atoms with van der Waals surface area (Å²) < 4.78 is 1.92. The van der Waals surface area contributed by atoms with Crippen LogP contribution in [0.2, 0.25) is 0 Å². The molecular formula is C13H19N5O3. The third-order valence-corrected chi connectivity index (χ3v) is 4.35. The Kier molecular flexibility index (Phi) is 3.52. The zero-order valence-electron chi connectivity index (χ0n) is 11.8. The molecule has 1 aromatic heterocycles. The summed E-state index contributed by atoms with van der Waals surface area (Å²) in [6, 6.07) is -0.201. The van der Waals surface area contributed by atoms with Crippen LogP contribution in [0.5, 0.6) is 0 Å². The fourth-order valence-electron chi connectivity index (χ4n) is 3.23. The maximum Gasteiger partial charge on any atom is 0.318 e. The Morgan fingerprint density at radius 3 is 2.81 bits per heavy atom. The highest BCUT2D eigenvalue weighted by Crippen LogP contribution is 2.33. The van der Waals surface area contributed by atoms with E-state index in [9.17, 15) is 9.59 Å². The number of aromatic nitrogens is 3. The first-order valence-electron chi connectivity index (χ1n) is 7.24. The maximum atomic E-state index is 12.4. The molecule has 21 heavy (non-hydrogen) atoms. The summed E-state index contributed by atoms with van der Waals surface area (Å²) in [5, 5.41) is 19.9. The molecule has 0 radical (unpaired) electrons. The van der Waals surface area contributed by atoms with Crippen LogP contribution < -0.4 is 5.32 Å². The van der Waals surface area contributed by atoms with E-state index >= 15 is 0 Å². The number of urea groups is 1. The van der Waals surface area contributed by atoms with Gasteiger partial charge in [0.2, 0.25) is 0 Å². The summed E-state index contributed by atoms with van der Waals surface area (Å²) in [6.45, 7) is 1.66. The number of nitrogens with one attached hydrogen (secondary N) is 1. The van der Waals surface area contributed by atoms with Crippen molar-refractivity contribution >= 4 is 12.0 Å². The van der Waals surface area contributed by atoms with Gasteiger partial charge in [-0.25, -0.2) is 4.79 Å². The predicted molar refractivity (Wildman–Crippen MR) is 72.4 cm³/mol. The van der Waals surface area contributed by atoms with Crippen LogP contribution in [0.15, 0.2) is 6.33 Å². The molecule has 2 heterocycles. The lowest BCUT2D eigenvalue weighted by Crippen LogP contribution is -2.54. The Balaban J connectivity index is 1.67. The maximum absolute atomic E-state index is 12.4. The van der Waals surface area contributed by atoms with Gasteiger partial charge in [-0.2, -0.15) is 0 Å². The summed E-state index contributed by atoms with van der Waals surface area (Å²) in [6.07, 6.45) is 5.03. The normalized spacial score (nSPS) is 20.1. The topological polar surface area (TPSA) is 100 Å². The van der Waals surface area contributed by atoms with Gasteiger partial charge in [0.05, 0.1) is 18.5 Å².